The van der Waals surface area contributed by atoms with Crippen molar-refractivity contribution in [2.75, 3.05) is 5.73 Å². The van der Waals surface area contributed by atoms with Gasteiger partial charge in [0.25, 0.3) is 0 Å². The SMILES string of the molecule is Cc1cc(C)c(N)c(C2CCCCCCC2)c1.Cl. The highest BCUT2D eigenvalue weighted by molar-refractivity contribution is 5.85. The van der Waals surface area contributed by atoms with Gasteiger partial charge in [0.05, 0.1) is 0 Å². The molecule has 1 aliphatic rings. The van der Waals surface area contributed by atoms with Crippen LogP contribution in [0.1, 0.15) is 67.6 Å². The van der Waals surface area contributed by atoms with Crippen molar-refractivity contribution in [3.63, 3.8) is 0 Å². The fourth-order valence-electron chi connectivity index (χ4n) is 3.12. The number of hydrogen-bond donors (Lipinski definition) is 1. The standard InChI is InChI=1S/C16H25N.ClH/c1-12-10-13(2)16(17)15(11-12)14-8-6-4-3-5-7-9-14;/h10-11,14H,3-9,17H2,1-2H3;1H. The van der Waals surface area contributed by atoms with Gasteiger partial charge >= 0.3 is 0 Å². The Bertz CT molecular complexity index is 379. The Hall–Kier alpha value is -0.690. The molecule has 0 aliphatic heterocycles. The number of benzene rings is 1. The maximum atomic E-state index is 6.27. The molecule has 2 rings (SSSR count). The zero-order chi connectivity index (χ0) is 12.3. The van der Waals surface area contributed by atoms with Crippen molar-refractivity contribution < 1.29 is 0 Å². The highest BCUT2D eigenvalue weighted by Gasteiger charge is 2.17. The zero-order valence-electron chi connectivity index (χ0n) is 11.7. The van der Waals surface area contributed by atoms with E-state index in [4.69, 9.17) is 5.73 Å². The summed E-state index contributed by atoms with van der Waals surface area (Å²) in [6.07, 6.45) is 9.63. The second-order valence-corrected chi connectivity index (χ2v) is 5.63. The second-order valence-electron chi connectivity index (χ2n) is 5.63. The molecule has 0 unspecified atom stereocenters. The van der Waals surface area contributed by atoms with E-state index in [-0.39, 0.29) is 12.4 Å². The van der Waals surface area contributed by atoms with Crippen molar-refractivity contribution in [1.82, 2.24) is 0 Å². The lowest BCUT2D eigenvalue weighted by atomic mass is 9.84. The molecule has 1 aliphatic carbocycles. The van der Waals surface area contributed by atoms with Crippen molar-refractivity contribution in [3.8, 4) is 0 Å². The van der Waals surface area contributed by atoms with Crippen molar-refractivity contribution in [2.45, 2.75) is 64.7 Å². The van der Waals surface area contributed by atoms with Crippen LogP contribution in [0, 0.1) is 13.8 Å². The highest BCUT2D eigenvalue weighted by atomic mass is 35.5. The normalized spacial score (nSPS) is 17.7. The number of hydrogen-bond acceptors (Lipinski definition) is 1. The molecule has 0 atom stereocenters. The molecule has 0 radical (unpaired) electrons. The maximum Gasteiger partial charge on any atom is 0.0379 e. The smallest absolute Gasteiger partial charge is 0.0379 e. The van der Waals surface area contributed by atoms with Crippen LogP contribution in [0.3, 0.4) is 0 Å². The Morgan fingerprint density at radius 3 is 2.11 bits per heavy atom. The Morgan fingerprint density at radius 1 is 0.944 bits per heavy atom. The van der Waals surface area contributed by atoms with E-state index in [2.05, 4.69) is 26.0 Å². The van der Waals surface area contributed by atoms with Crippen LogP contribution in [0.15, 0.2) is 12.1 Å². The predicted octanol–water partition coefficient (Wildman–Crippen LogP) is 5.14. The van der Waals surface area contributed by atoms with E-state index < -0.39 is 0 Å². The monoisotopic (exact) mass is 267 g/mol. The van der Waals surface area contributed by atoms with Gasteiger partial charge in [0.2, 0.25) is 0 Å². The number of nitrogens with two attached hydrogens (primary N) is 1. The van der Waals surface area contributed by atoms with Gasteiger partial charge in [0.1, 0.15) is 0 Å². The molecule has 2 heteroatoms. The minimum atomic E-state index is 0. The largest absolute Gasteiger partial charge is 0.398 e. The molecular weight excluding hydrogens is 242 g/mol. The molecule has 2 N–H and O–H groups in total. The zero-order valence-corrected chi connectivity index (χ0v) is 12.5. The molecule has 0 saturated heterocycles. The van der Waals surface area contributed by atoms with E-state index in [1.54, 1.807) is 0 Å². The number of nitrogen functional groups attached to an aromatic ring is 1. The molecule has 1 nitrogen and oxygen atoms in total. The molecule has 102 valence electrons. The van der Waals surface area contributed by atoms with Crippen LogP contribution >= 0.6 is 12.4 Å². The number of rotatable bonds is 1. The van der Waals surface area contributed by atoms with Crippen molar-refractivity contribution in [1.29, 1.82) is 0 Å². The summed E-state index contributed by atoms with van der Waals surface area (Å²) >= 11 is 0. The van der Waals surface area contributed by atoms with E-state index in [0.717, 1.165) is 5.69 Å². The lowest BCUT2D eigenvalue weighted by Crippen LogP contribution is -2.07. The molecule has 0 heterocycles. The Morgan fingerprint density at radius 2 is 1.50 bits per heavy atom. The fraction of sp³-hybridized carbons (Fsp3) is 0.625. The van der Waals surface area contributed by atoms with Crippen LogP contribution in [0.25, 0.3) is 0 Å². The van der Waals surface area contributed by atoms with Gasteiger partial charge in [-0.05, 0) is 43.7 Å². The molecule has 1 aromatic carbocycles. The predicted molar refractivity (Wildman–Crippen MR) is 82.6 cm³/mol. The fourth-order valence-corrected chi connectivity index (χ4v) is 3.12. The molecule has 1 fully saturated rings. The van der Waals surface area contributed by atoms with Crippen LogP contribution in [0.5, 0.6) is 0 Å². The van der Waals surface area contributed by atoms with Gasteiger partial charge in [-0.3, -0.25) is 0 Å². The number of aryl methyl sites for hydroxylation is 2. The Balaban J connectivity index is 0.00000162. The summed E-state index contributed by atoms with van der Waals surface area (Å²) < 4.78 is 0. The Kier molecular flexibility index (Phi) is 6.01. The van der Waals surface area contributed by atoms with Crippen molar-refractivity contribution in [3.05, 3.63) is 28.8 Å². The molecule has 0 amide bonds. The van der Waals surface area contributed by atoms with Crippen LogP contribution < -0.4 is 5.73 Å². The van der Waals surface area contributed by atoms with E-state index in [0.29, 0.717) is 5.92 Å². The van der Waals surface area contributed by atoms with E-state index in [1.165, 1.54) is 61.6 Å². The molecule has 0 aromatic heterocycles. The van der Waals surface area contributed by atoms with E-state index in [9.17, 15) is 0 Å². The molecular formula is C16H26ClN. The number of halogens is 1. The first-order chi connectivity index (χ1) is 8.18. The number of anilines is 1. The minimum Gasteiger partial charge on any atom is -0.398 e. The van der Waals surface area contributed by atoms with Gasteiger partial charge in [0, 0.05) is 5.69 Å². The average molecular weight is 268 g/mol. The first-order valence-corrected chi connectivity index (χ1v) is 7.05. The summed E-state index contributed by atoms with van der Waals surface area (Å²) in [5.74, 6) is 0.703. The lowest BCUT2D eigenvalue weighted by Gasteiger charge is -2.23. The van der Waals surface area contributed by atoms with Gasteiger partial charge in [-0.2, -0.15) is 0 Å². The summed E-state index contributed by atoms with van der Waals surface area (Å²) in [6, 6.07) is 4.51. The lowest BCUT2D eigenvalue weighted by molar-refractivity contribution is 0.456. The van der Waals surface area contributed by atoms with Gasteiger partial charge < -0.3 is 5.73 Å². The summed E-state index contributed by atoms with van der Waals surface area (Å²) in [7, 11) is 0. The van der Waals surface area contributed by atoms with Gasteiger partial charge in [-0.25, -0.2) is 0 Å². The molecule has 18 heavy (non-hydrogen) atoms. The van der Waals surface area contributed by atoms with Crippen LogP contribution in [-0.2, 0) is 0 Å². The minimum absolute atomic E-state index is 0. The third kappa shape index (κ3) is 3.65. The van der Waals surface area contributed by atoms with Crippen molar-refractivity contribution in [2.24, 2.45) is 0 Å². The first kappa shape index (κ1) is 15.4. The summed E-state index contributed by atoms with van der Waals surface area (Å²) in [5, 5.41) is 0. The maximum absolute atomic E-state index is 6.27. The van der Waals surface area contributed by atoms with Crippen molar-refractivity contribution >= 4 is 18.1 Å². The summed E-state index contributed by atoms with van der Waals surface area (Å²) in [4.78, 5) is 0. The topological polar surface area (TPSA) is 26.0 Å². The van der Waals surface area contributed by atoms with Crippen LogP contribution in [0.4, 0.5) is 5.69 Å². The molecule has 1 saturated carbocycles. The summed E-state index contributed by atoms with van der Waals surface area (Å²) in [5.41, 5.74) is 11.3. The van der Waals surface area contributed by atoms with E-state index >= 15 is 0 Å². The van der Waals surface area contributed by atoms with Crippen LogP contribution in [0.2, 0.25) is 0 Å². The Labute approximate surface area is 118 Å². The summed E-state index contributed by atoms with van der Waals surface area (Å²) in [6.45, 7) is 4.31. The molecule has 0 bridgehead atoms. The second kappa shape index (κ2) is 7.04. The first-order valence-electron chi connectivity index (χ1n) is 7.05. The average Bonchev–Trinajstić information content (AvgIpc) is 2.23. The third-order valence-corrected chi connectivity index (χ3v) is 4.11. The molecule has 1 aromatic rings. The van der Waals surface area contributed by atoms with Gasteiger partial charge in [-0.15, -0.1) is 12.4 Å². The molecule has 0 spiro atoms. The van der Waals surface area contributed by atoms with Gasteiger partial charge in [-0.1, -0.05) is 49.8 Å². The van der Waals surface area contributed by atoms with E-state index in [1.807, 2.05) is 0 Å². The third-order valence-electron chi connectivity index (χ3n) is 4.11. The quantitative estimate of drug-likeness (QED) is 0.701. The van der Waals surface area contributed by atoms with Crippen LogP contribution in [-0.4, -0.2) is 0 Å². The highest BCUT2D eigenvalue weighted by Crippen LogP contribution is 2.35. The van der Waals surface area contributed by atoms with Gasteiger partial charge in [0.15, 0.2) is 0 Å².